The maximum Gasteiger partial charge on any atom is 0.193 e. The first-order valence-electron chi connectivity index (χ1n) is 6.70. The van der Waals surface area contributed by atoms with E-state index in [9.17, 15) is 4.79 Å². The van der Waals surface area contributed by atoms with Gasteiger partial charge in [0.2, 0.25) is 0 Å². The fraction of sp³-hybridized carbons (Fsp3) is 0. The van der Waals surface area contributed by atoms with Crippen molar-refractivity contribution in [3.05, 3.63) is 95.0 Å². The van der Waals surface area contributed by atoms with Crippen LogP contribution < -0.4 is 0 Å². The van der Waals surface area contributed by atoms with E-state index < -0.39 is 0 Å². The molecule has 3 rings (SSSR count). The third-order valence-corrected chi connectivity index (χ3v) is 3.61. The maximum atomic E-state index is 12.7. The smallest absolute Gasteiger partial charge is 0.193 e. The fourth-order valence-electron chi connectivity index (χ4n) is 2.31. The van der Waals surface area contributed by atoms with E-state index in [1.165, 1.54) is 0 Å². The number of ketones is 1. The molecule has 2 heteroatoms. The zero-order valence-corrected chi connectivity index (χ0v) is 12.0. The predicted molar refractivity (Wildman–Crippen MR) is 86.8 cm³/mol. The van der Waals surface area contributed by atoms with E-state index in [0.29, 0.717) is 16.1 Å². The van der Waals surface area contributed by atoms with Crippen LogP contribution in [0.5, 0.6) is 0 Å². The fourth-order valence-corrected chi connectivity index (χ4v) is 2.43. The molecule has 0 bridgehead atoms. The molecule has 21 heavy (non-hydrogen) atoms. The minimum atomic E-state index is 0.0288. The molecule has 0 aliphatic rings. The lowest BCUT2D eigenvalue weighted by Crippen LogP contribution is -2.03. The third-order valence-electron chi connectivity index (χ3n) is 3.36. The molecule has 0 saturated heterocycles. The van der Waals surface area contributed by atoms with Gasteiger partial charge >= 0.3 is 0 Å². The summed E-state index contributed by atoms with van der Waals surface area (Å²) in [6.07, 6.45) is 0. The van der Waals surface area contributed by atoms with Crippen LogP contribution in [0.15, 0.2) is 78.9 Å². The van der Waals surface area contributed by atoms with Gasteiger partial charge in [-0.2, -0.15) is 0 Å². The molecule has 0 heterocycles. The minimum absolute atomic E-state index is 0.0288. The van der Waals surface area contributed by atoms with Gasteiger partial charge in [-0.1, -0.05) is 78.3 Å². The second-order valence-electron chi connectivity index (χ2n) is 4.75. The molecule has 3 aromatic carbocycles. The molecule has 0 fully saturated rings. The summed E-state index contributed by atoms with van der Waals surface area (Å²) in [6, 6.07) is 24.5. The molecule has 1 nitrogen and oxygen atoms in total. The summed E-state index contributed by atoms with van der Waals surface area (Å²) in [5.41, 5.74) is 3.30. The summed E-state index contributed by atoms with van der Waals surface area (Å²) < 4.78 is 0. The standard InChI is InChI=1S/C19H13ClO/c20-16-12-10-14(11-13-16)17-8-4-5-9-18(17)19(21)15-6-2-1-3-7-15/h1-13H. The number of benzene rings is 3. The molecule has 0 radical (unpaired) electrons. The van der Waals surface area contributed by atoms with E-state index >= 15 is 0 Å². The van der Waals surface area contributed by atoms with Gasteiger partial charge in [0.05, 0.1) is 0 Å². The van der Waals surface area contributed by atoms with Gasteiger partial charge in [-0.05, 0) is 23.3 Å². The predicted octanol–water partition coefficient (Wildman–Crippen LogP) is 5.24. The lowest BCUT2D eigenvalue weighted by atomic mass is 9.94. The van der Waals surface area contributed by atoms with Crippen LogP contribution >= 0.6 is 11.6 Å². The highest BCUT2D eigenvalue weighted by molar-refractivity contribution is 6.30. The zero-order chi connectivity index (χ0) is 14.7. The molecule has 0 aliphatic carbocycles. The summed E-state index contributed by atoms with van der Waals surface area (Å²) in [6.45, 7) is 0. The van der Waals surface area contributed by atoms with E-state index in [0.717, 1.165) is 11.1 Å². The van der Waals surface area contributed by atoms with Crippen LogP contribution in [-0.2, 0) is 0 Å². The molecular weight excluding hydrogens is 280 g/mol. The molecule has 0 atom stereocenters. The van der Waals surface area contributed by atoms with Crippen LogP contribution in [0.1, 0.15) is 15.9 Å². The maximum absolute atomic E-state index is 12.7. The van der Waals surface area contributed by atoms with Crippen molar-refractivity contribution in [2.75, 3.05) is 0 Å². The monoisotopic (exact) mass is 292 g/mol. The van der Waals surface area contributed by atoms with Crippen molar-refractivity contribution in [2.24, 2.45) is 0 Å². The van der Waals surface area contributed by atoms with E-state index in [1.807, 2.05) is 78.9 Å². The van der Waals surface area contributed by atoms with Crippen molar-refractivity contribution in [1.82, 2.24) is 0 Å². The van der Waals surface area contributed by atoms with Crippen LogP contribution in [0.3, 0.4) is 0 Å². The van der Waals surface area contributed by atoms with Crippen molar-refractivity contribution in [3.8, 4) is 11.1 Å². The Bertz CT molecular complexity index is 761. The number of carbonyl (C=O) groups excluding carboxylic acids is 1. The van der Waals surface area contributed by atoms with Gasteiger partial charge in [0.15, 0.2) is 5.78 Å². The summed E-state index contributed by atoms with van der Waals surface area (Å²) >= 11 is 5.93. The highest BCUT2D eigenvalue weighted by atomic mass is 35.5. The molecule has 0 unspecified atom stereocenters. The lowest BCUT2D eigenvalue weighted by molar-refractivity contribution is 0.103. The highest BCUT2D eigenvalue weighted by Gasteiger charge is 2.13. The molecule has 0 aromatic heterocycles. The Labute approximate surface area is 128 Å². The molecule has 102 valence electrons. The number of hydrogen-bond acceptors (Lipinski definition) is 1. The minimum Gasteiger partial charge on any atom is -0.289 e. The van der Waals surface area contributed by atoms with E-state index in [1.54, 1.807) is 0 Å². The largest absolute Gasteiger partial charge is 0.289 e. The first kappa shape index (κ1) is 13.6. The van der Waals surface area contributed by atoms with Gasteiger partial charge in [0, 0.05) is 16.1 Å². The zero-order valence-electron chi connectivity index (χ0n) is 11.3. The number of rotatable bonds is 3. The average molecular weight is 293 g/mol. The lowest BCUT2D eigenvalue weighted by Gasteiger charge is -2.09. The highest BCUT2D eigenvalue weighted by Crippen LogP contribution is 2.26. The Morgan fingerprint density at radius 2 is 1.33 bits per heavy atom. The Kier molecular flexibility index (Phi) is 3.85. The van der Waals surface area contributed by atoms with Crippen molar-refractivity contribution < 1.29 is 4.79 Å². The Balaban J connectivity index is 2.08. The quantitative estimate of drug-likeness (QED) is 0.603. The van der Waals surface area contributed by atoms with E-state index in [4.69, 9.17) is 11.6 Å². The van der Waals surface area contributed by atoms with Crippen LogP contribution in [0.2, 0.25) is 5.02 Å². The van der Waals surface area contributed by atoms with Crippen LogP contribution in [-0.4, -0.2) is 5.78 Å². The van der Waals surface area contributed by atoms with Crippen molar-refractivity contribution in [1.29, 1.82) is 0 Å². The van der Waals surface area contributed by atoms with E-state index in [2.05, 4.69) is 0 Å². The van der Waals surface area contributed by atoms with Gasteiger partial charge < -0.3 is 0 Å². The summed E-state index contributed by atoms with van der Waals surface area (Å²) in [5.74, 6) is 0.0288. The van der Waals surface area contributed by atoms with Gasteiger partial charge in [0.1, 0.15) is 0 Å². The normalized spacial score (nSPS) is 10.3. The van der Waals surface area contributed by atoms with Crippen molar-refractivity contribution in [2.45, 2.75) is 0 Å². The van der Waals surface area contributed by atoms with Crippen molar-refractivity contribution in [3.63, 3.8) is 0 Å². The molecule has 0 spiro atoms. The second-order valence-corrected chi connectivity index (χ2v) is 5.18. The molecule has 0 saturated carbocycles. The van der Waals surface area contributed by atoms with Crippen LogP contribution in [0.4, 0.5) is 0 Å². The number of halogens is 1. The molecular formula is C19H13ClO. The molecule has 0 amide bonds. The van der Waals surface area contributed by atoms with Gasteiger partial charge in [-0.3, -0.25) is 4.79 Å². The summed E-state index contributed by atoms with van der Waals surface area (Å²) in [7, 11) is 0. The summed E-state index contributed by atoms with van der Waals surface area (Å²) in [5, 5.41) is 0.686. The third kappa shape index (κ3) is 2.88. The molecule has 0 aliphatic heterocycles. The summed E-state index contributed by atoms with van der Waals surface area (Å²) in [4.78, 5) is 12.7. The molecule has 3 aromatic rings. The van der Waals surface area contributed by atoms with Crippen molar-refractivity contribution >= 4 is 17.4 Å². The first-order valence-corrected chi connectivity index (χ1v) is 7.08. The van der Waals surface area contributed by atoms with Crippen LogP contribution in [0, 0.1) is 0 Å². The average Bonchev–Trinajstić information content (AvgIpc) is 2.56. The topological polar surface area (TPSA) is 17.1 Å². The SMILES string of the molecule is O=C(c1ccccc1)c1ccccc1-c1ccc(Cl)cc1. The first-order chi connectivity index (χ1) is 10.3. The Morgan fingerprint density at radius 1 is 0.714 bits per heavy atom. The van der Waals surface area contributed by atoms with Gasteiger partial charge in [0.25, 0.3) is 0 Å². The Hall–Kier alpha value is -2.38. The van der Waals surface area contributed by atoms with Crippen LogP contribution in [0.25, 0.3) is 11.1 Å². The van der Waals surface area contributed by atoms with Gasteiger partial charge in [-0.15, -0.1) is 0 Å². The second kappa shape index (κ2) is 5.94. The van der Waals surface area contributed by atoms with E-state index in [-0.39, 0.29) is 5.78 Å². The number of carbonyl (C=O) groups is 1. The Morgan fingerprint density at radius 3 is 2.05 bits per heavy atom. The molecule has 0 N–H and O–H groups in total. The van der Waals surface area contributed by atoms with Gasteiger partial charge in [-0.25, -0.2) is 0 Å². The number of hydrogen-bond donors (Lipinski definition) is 0.